The number of H-pyrrole nitrogens is 1. The van der Waals surface area contributed by atoms with Crippen molar-refractivity contribution in [3.63, 3.8) is 0 Å². The van der Waals surface area contributed by atoms with Gasteiger partial charge in [0.15, 0.2) is 0 Å². The molecule has 0 saturated carbocycles. The van der Waals surface area contributed by atoms with Crippen LogP contribution in [-0.2, 0) is 0 Å². The molecule has 2 N–H and O–H groups in total. The molecule has 0 unspecified atom stereocenters. The molecule has 102 valence electrons. The number of hydrogen-bond acceptors (Lipinski definition) is 2. The summed E-state index contributed by atoms with van der Waals surface area (Å²) in [5.74, 6) is 0.914. The molecule has 1 aliphatic heterocycles. The molecule has 5 heteroatoms. The fourth-order valence-electron chi connectivity index (χ4n) is 2.41. The van der Waals surface area contributed by atoms with Crippen molar-refractivity contribution in [2.75, 3.05) is 26.7 Å². The molecule has 1 aromatic rings. The molecule has 0 spiro atoms. The smallest absolute Gasteiger partial charge is 0.270 e. The fourth-order valence-corrected chi connectivity index (χ4v) is 2.41. The van der Waals surface area contributed by atoms with E-state index in [1.807, 2.05) is 24.1 Å². The molecule has 2 heterocycles. The van der Waals surface area contributed by atoms with E-state index in [-0.39, 0.29) is 18.3 Å². The number of nitrogens with one attached hydrogen (secondary N) is 2. The molecule has 1 aromatic heterocycles. The summed E-state index contributed by atoms with van der Waals surface area (Å²) in [6, 6.07) is 3.71. The van der Waals surface area contributed by atoms with Gasteiger partial charge in [-0.1, -0.05) is 0 Å². The van der Waals surface area contributed by atoms with E-state index in [0.717, 1.165) is 38.4 Å². The SMILES string of the molecule is CNCCC1CCN(C(=O)c2ccc[nH]2)CC1.Cl. The number of carbonyl (C=O) groups excluding carboxylic acids is 1. The second-order valence-corrected chi connectivity index (χ2v) is 4.71. The molecule has 0 bridgehead atoms. The average Bonchev–Trinajstić information content (AvgIpc) is 2.90. The van der Waals surface area contributed by atoms with Crippen molar-refractivity contribution < 1.29 is 4.79 Å². The minimum absolute atomic E-state index is 0. The van der Waals surface area contributed by atoms with Crippen molar-refractivity contribution in [2.45, 2.75) is 19.3 Å². The van der Waals surface area contributed by atoms with Gasteiger partial charge in [-0.15, -0.1) is 12.4 Å². The molecule has 0 atom stereocenters. The summed E-state index contributed by atoms with van der Waals surface area (Å²) in [6.45, 7) is 2.87. The first-order valence-electron chi connectivity index (χ1n) is 6.38. The molecule has 1 saturated heterocycles. The largest absolute Gasteiger partial charge is 0.357 e. The zero-order chi connectivity index (χ0) is 12.1. The molecule has 0 aromatic carbocycles. The van der Waals surface area contributed by atoms with Crippen LogP contribution in [0.25, 0.3) is 0 Å². The Morgan fingerprint density at radius 3 is 2.78 bits per heavy atom. The lowest BCUT2D eigenvalue weighted by atomic mass is 9.93. The number of aromatic nitrogens is 1. The van der Waals surface area contributed by atoms with Crippen LogP contribution in [0.5, 0.6) is 0 Å². The monoisotopic (exact) mass is 271 g/mol. The van der Waals surface area contributed by atoms with E-state index >= 15 is 0 Å². The first-order chi connectivity index (χ1) is 8.31. The summed E-state index contributed by atoms with van der Waals surface area (Å²) in [7, 11) is 1.99. The Morgan fingerprint density at radius 2 is 2.22 bits per heavy atom. The maximum Gasteiger partial charge on any atom is 0.270 e. The minimum atomic E-state index is 0. The summed E-state index contributed by atoms with van der Waals surface area (Å²) in [5.41, 5.74) is 0.707. The van der Waals surface area contributed by atoms with Gasteiger partial charge in [-0.3, -0.25) is 4.79 Å². The van der Waals surface area contributed by atoms with Crippen LogP contribution in [0.4, 0.5) is 0 Å². The van der Waals surface area contributed by atoms with Crippen LogP contribution in [-0.4, -0.2) is 42.5 Å². The lowest BCUT2D eigenvalue weighted by Crippen LogP contribution is -2.39. The maximum atomic E-state index is 12.1. The van der Waals surface area contributed by atoms with Crippen LogP contribution in [0.1, 0.15) is 29.8 Å². The first-order valence-corrected chi connectivity index (χ1v) is 6.38. The number of aromatic amines is 1. The van der Waals surface area contributed by atoms with Gasteiger partial charge in [0.05, 0.1) is 0 Å². The lowest BCUT2D eigenvalue weighted by Gasteiger charge is -2.31. The molecular weight excluding hydrogens is 250 g/mol. The number of amides is 1. The Kier molecular flexibility index (Phi) is 6.22. The zero-order valence-electron chi connectivity index (χ0n) is 10.8. The van der Waals surface area contributed by atoms with Crippen molar-refractivity contribution in [3.05, 3.63) is 24.0 Å². The van der Waals surface area contributed by atoms with Gasteiger partial charge >= 0.3 is 0 Å². The average molecular weight is 272 g/mol. The molecule has 1 amide bonds. The van der Waals surface area contributed by atoms with Crippen molar-refractivity contribution in [1.82, 2.24) is 15.2 Å². The summed E-state index contributed by atoms with van der Waals surface area (Å²) in [6.07, 6.45) is 5.29. The molecule has 1 fully saturated rings. The van der Waals surface area contributed by atoms with Crippen molar-refractivity contribution in [1.29, 1.82) is 0 Å². The van der Waals surface area contributed by atoms with Gasteiger partial charge < -0.3 is 15.2 Å². The van der Waals surface area contributed by atoms with E-state index in [1.54, 1.807) is 6.20 Å². The number of nitrogens with zero attached hydrogens (tertiary/aromatic N) is 1. The summed E-state index contributed by atoms with van der Waals surface area (Å²) >= 11 is 0. The molecule has 18 heavy (non-hydrogen) atoms. The summed E-state index contributed by atoms with van der Waals surface area (Å²) in [5, 5.41) is 3.19. The second-order valence-electron chi connectivity index (χ2n) is 4.71. The number of likely N-dealkylation sites (tertiary alicyclic amines) is 1. The third-order valence-electron chi connectivity index (χ3n) is 3.53. The van der Waals surface area contributed by atoms with Gasteiger partial charge in [-0.2, -0.15) is 0 Å². The highest BCUT2D eigenvalue weighted by atomic mass is 35.5. The number of piperidine rings is 1. The second kappa shape index (κ2) is 7.44. The lowest BCUT2D eigenvalue weighted by molar-refractivity contribution is 0.0682. The van der Waals surface area contributed by atoms with Crippen LogP contribution < -0.4 is 5.32 Å². The summed E-state index contributed by atoms with van der Waals surface area (Å²) in [4.78, 5) is 17.0. The van der Waals surface area contributed by atoms with Crippen LogP contribution in [0.15, 0.2) is 18.3 Å². The highest BCUT2D eigenvalue weighted by Crippen LogP contribution is 2.21. The highest BCUT2D eigenvalue weighted by Gasteiger charge is 2.23. The van der Waals surface area contributed by atoms with Crippen molar-refractivity contribution in [3.8, 4) is 0 Å². The van der Waals surface area contributed by atoms with E-state index in [9.17, 15) is 4.79 Å². The quantitative estimate of drug-likeness (QED) is 0.879. The van der Waals surface area contributed by atoms with Crippen LogP contribution in [0.2, 0.25) is 0 Å². The predicted molar refractivity (Wildman–Crippen MR) is 75.2 cm³/mol. The Balaban J connectivity index is 0.00000162. The Hall–Kier alpha value is -1.00. The Labute approximate surface area is 115 Å². The molecule has 0 aliphatic carbocycles. The van der Waals surface area contributed by atoms with Crippen LogP contribution >= 0.6 is 12.4 Å². The van der Waals surface area contributed by atoms with E-state index in [1.165, 1.54) is 6.42 Å². The standard InChI is InChI=1S/C13H21N3O.ClH/c1-14-8-4-11-5-9-16(10-6-11)13(17)12-3-2-7-15-12;/h2-3,7,11,14-15H,4-6,8-10H2,1H3;1H. The molecule has 2 rings (SSSR count). The maximum absolute atomic E-state index is 12.1. The summed E-state index contributed by atoms with van der Waals surface area (Å²) < 4.78 is 0. The molecule has 0 radical (unpaired) electrons. The van der Waals surface area contributed by atoms with Gasteiger partial charge in [-0.25, -0.2) is 0 Å². The number of rotatable bonds is 4. The van der Waals surface area contributed by atoms with Gasteiger partial charge in [-0.05, 0) is 50.9 Å². The number of halogens is 1. The van der Waals surface area contributed by atoms with E-state index in [0.29, 0.717) is 5.69 Å². The van der Waals surface area contributed by atoms with E-state index in [4.69, 9.17) is 0 Å². The van der Waals surface area contributed by atoms with Gasteiger partial charge in [0.25, 0.3) is 5.91 Å². The van der Waals surface area contributed by atoms with Gasteiger partial charge in [0, 0.05) is 19.3 Å². The Bertz CT molecular complexity index is 345. The van der Waals surface area contributed by atoms with Crippen molar-refractivity contribution >= 4 is 18.3 Å². The van der Waals surface area contributed by atoms with Crippen molar-refractivity contribution in [2.24, 2.45) is 5.92 Å². The molecule has 1 aliphatic rings. The normalized spacial score (nSPS) is 16.4. The van der Waals surface area contributed by atoms with Crippen LogP contribution in [0, 0.1) is 5.92 Å². The van der Waals surface area contributed by atoms with Crippen LogP contribution in [0.3, 0.4) is 0 Å². The predicted octanol–water partition coefficient (Wildman–Crippen LogP) is 1.90. The highest BCUT2D eigenvalue weighted by molar-refractivity contribution is 5.92. The third kappa shape index (κ3) is 3.75. The van der Waals surface area contributed by atoms with Gasteiger partial charge in [0.2, 0.25) is 0 Å². The number of carbonyl (C=O) groups is 1. The van der Waals surface area contributed by atoms with E-state index < -0.39 is 0 Å². The Morgan fingerprint density at radius 1 is 1.50 bits per heavy atom. The van der Waals surface area contributed by atoms with E-state index in [2.05, 4.69) is 10.3 Å². The zero-order valence-corrected chi connectivity index (χ0v) is 11.6. The fraction of sp³-hybridized carbons (Fsp3) is 0.615. The third-order valence-corrected chi connectivity index (χ3v) is 3.53. The minimum Gasteiger partial charge on any atom is -0.357 e. The first kappa shape index (κ1) is 15.1. The number of hydrogen-bond donors (Lipinski definition) is 2. The molecular formula is C13H22ClN3O. The molecule has 4 nitrogen and oxygen atoms in total. The van der Waals surface area contributed by atoms with Gasteiger partial charge in [0.1, 0.15) is 5.69 Å². The topological polar surface area (TPSA) is 48.1 Å².